The molecular weight excluding hydrogens is 426 g/mol. The van der Waals surface area contributed by atoms with Crippen LogP contribution in [0.4, 0.5) is 10.5 Å². The maximum Gasteiger partial charge on any atom is 0.325 e. The van der Waals surface area contributed by atoms with E-state index >= 15 is 0 Å². The molecule has 2 aliphatic heterocycles. The second-order valence-corrected chi connectivity index (χ2v) is 7.99. The molecule has 0 aromatic heterocycles. The Bertz CT molecular complexity index is 1310. The number of carbonyl (C=O) groups is 3. The van der Waals surface area contributed by atoms with E-state index in [9.17, 15) is 14.4 Å². The second-order valence-electron chi connectivity index (χ2n) is 7.99. The number of urea groups is 1. The topological polar surface area (TPSA) is 106 Å². The van der Waals surface area contributed by atoms with Crippen molar-refractivity contribution >= 4 is 34.3 Å². The van der Waals surface area contributed by atoms with Crippen LogP contribution in [-0.4, -0.2) is 43.2 Å². The highest BCUT2D eigenvalue weighted by Crippen LogP contribution is 2.35. The van der Waals surface area contributed by atoms with Gasteiger partial charge in [-0.3, -0.25) is 14.5 Å². The normalized spacial score (nSPS) is 19.0. The molecule has 5 rings (SSSR count). The monoisotopic (exact) mass is 447 g/mol. The molecule has 0 bridgehead atoms. The van der Waals surface area contributed by atoms with Gasteiger partial charge in [-0.15, -0.1) is 0 Å². The van der Waals surface area contributed by atoms with Gasteiger partial charge in [-0.25, -0.2) is 4.79 Å². The van der Waals surface area contributed by atoms with Crippen molar-refractivity contribution in [3.05, 3.63) is 60.2 Å². The standard InChI is InChI=1S/C24H21N3O6/c1-24(16-5-3-15-10-18(31-2)7-4-14(15)9-16)22(29)27(23(30)26-24)12-21(28)25-17-6-8-19-20(11-17)33-13-32-19/h3-11H,12-13H2,1-2H3,(H,25,28)(H,26,30)/t24-/m1/s1. The van der Waals surface area contributed by atoms with Gasteiger partial charge < -0.3 is 24.8 Å². The lowest BCUT2D eigenvalue weighted by molar-refractivity contribution is -0.133. The number of ether oxygens (including phenoxy) is 3. The first kappa shape index (κ1) is 20.6. The van der Waals surface area contributed by atoms with Gasteiger partial charge >= 0.3 is 6.03 Å². The lowest BCUT2D eigenvalue weighted by atomic mass is 9.90. The van der Waals surface area contributed by atoms with Gasteiger partial charge in [0.15, 0.2) is 11.5 Å². The summed E-state index contributed by atoms with van der Waals surface area (Å²) in [6, 6.07) is 15.5. The third kappa shape index (κ3) is 3.57. The summed E-state index contributed by atoms with van der Waals surface area (Å²) < 4.78 is 15.8. The molecule has 1 atom stereocenters. The van der Waals surface area contributed by atoms with Crippen molar-refractivity contribution in [1.82, 2.24) is 10.2 Å². The maximum atomic E-state index is 13.2. The Kier molecular flexibility index (Phi) is 4.81. The molecule has 0 saturated carbocycles. The zero-order valence-electron chi connectivity index (χ0n) is 18.0. The zero-order chi connectivity index (χ0) is 23.2. The van der Waals surface area contributed by atoms with Gasteiger partial charge in [0.05, 0.1) is 7.11 Å². The van der Waals surface area contributed by atoms with Crippen LogP contribution >= 0.6 is 0 Å². The minimum atomic E-state index is -1.29. The number of anilines is 1. The van der Waals surface area contributed by atoms with Gasteiger partial charge in [0, 0.05) is 11.8 Å². The first-order chi connectivity index (χ1) is 15.9. The molecule has 9 nitrogen and oxygen atoms in total. The second kappa shape index (κ2) is 7.70. The molecule has 2 heterocycles. The predicted molar refractivity (Wildman–Crippen MR) is 119 cm³/mol. The van der Waals surface area contributed by atoms with E-state index < -0.39 is 29.9 Å². The number of amides is 4. The third-order valence-electron chi connectivity index (χ3n) is 5.86. The lowest BCUT2D eigenvalue weighted by Gasteiger charge is -2.22. The fourth-order valence-electron chi connectivity index (χ4n) is 4.02. The molecule has 0 aliphatic carbocycles. The van der Waals surface area contributed by atoms with E-state index in [1.165, 1.54) is 0 Å². The van der Waals surface area contributed by atoms with E-state index in [-0.39, 0.29) is 6.79 Å². The molecule has 1 saturated heterocycles. The molecule has 3 aromatic rings. The Hall–Kier alpha value is -4.27. The summed E-state index contributed by atoms with van der Waals surface area (Å²) in [6.45, 7) is 1.34. The van der Waals surface area contributed by atoms with Gasteiger partial charge in [-0.2, -0.15) is 0 Å². The summed E-state index contributed by atoms with van der Waals surface area (Å²) in [4.78, 5) is 39.3. The number of nitrogens with zero attached hydrogens (tertiary/aromatic N) is 1. The number of benzene rings is 3. The molecule has 2 N–H and O–H groups in total. The van der Waals surface area contributed by atoms with Crippen molar-refractivity contribution < 1.29 is 28.6 Å². The maximum absolute atomic E-state index is 13.2. The fourth-order valence-corrected chi connectivity index (χ4v) is 4.02. The molecule has 2 aliphatic rings. The lowest BCUT2D eigenvalue weighted by Crippen LogP contribution is -2.42. The van der Waals surface area contributed by atoms with E-state index in [1.54, 1.807) is 38.3 Å². The fraction of sp³-hybridized carbons (Fsp3) is 0.208. The van der Waals surface area contributed by atoms with E-state index in [4.69, 9.17) is 14.2 Å². The van der Waals surface area contributed by atoms with Gasteiger partial charge in [-0.05, 0) is 53.6 Å². The Morgan fingerprint density at radius 3 is 2.64 bits per heavy atom. The van der Waals surface area contributed by atoms with Crippen LogP contribution in [0.5, 0.6) is 17.2 Å². The third-order valence-corrected chi connectivity index (χ3v) is 5.86. The molecule has 0 unspecified atom stereocenters. The number of hydrogen-bond acceptors (Lipinski definition) is 6. The molecular formula is C24H21N3O6. The Labute approximate surface area is 189 Å². The van der Waals surface area contributed by atoms with Crippen LogP contribution in [0.1, 0.15) is 12.5 Å². The van der Waals surface area contributed by atoms with Gasteiger partial charge in [0.2, 0.25) is 12.7 Å². The largest absolute Gasteiger partial charge is 0.497 e. The number of imide groups is 1. The van der Waals surface area contributed by atoms with E-state index in [0.717, 1.165) is 21.4 Å². The van der Waals surface area contributed by atoms with Gasteiger partial charge in [-0.1, -0.05) is 18.2 Å². The molecule has 9 heteroatoms. The quantitative estimate of drug-likeness (QED) is 0.583. The minimum absolute atomic E-state index is 0.121. The number of carbonyl (C=O) groups excluding carboxylic acids is 3. The summed E-state index contributed by atoms with van der Waals surface area (Å²) >= 11 is 0. The van der Waals surface area contributed by atoms with Crippen LogP contribution in [0.25, 0.3) is 10.8 Å². The molecule has 0 spiro atoms. The summed E-state index contributed by atoms with van der Waals surface area (Å²) in [7, 11) is 1.60. The smallest absolute Gasteiger partial charge is 0.325 e. The number of methoxy groups -OCH3 is 1. The number of rotatable bonds is 5. The van der Waals surface area contributed by atoms with Gasteiger partial charge in [0.1, 0.15) is 17.8 Å². The van der Waals surface area contributed by atoms with Gasteiger partial charge in [0.25, 0.3) is 5.91 Å². The van der Waals surface area contributed by atoms with Crippen LogP contribution in [0.3, 0.4) is 0 Å². The van der Waals surface area contributed by atoms with E-state index in [1.807, 2.05) is 30.3 Å². The molecule has 168 valence electrons. The summed E-state index contributed by atoms with van der Waals surface area (Å²) in [6.07, 6.45) is 0. The Morgan fingerprint density at radius 2 is 1.82 bits per heavy atom. The van der Waals surface area contributed by atoms with E-state index in [0.29, 0.717) is 22.7 Å². The summed E-state index contributed by atoms with van der Waals surface area (Å²) in [5, 5.41) is 7.26. The van der Waals surface area contributed by atoms with Crippen LogP contribution in [-0.2, 0) is 15.1 Å². The number of nitrogens with one attached hydrogen (secondary N) is 2. The Morgan fingerprint density at radius 1 is 1.06 bits per heavy atom. The van der Waals surface area contributed by atoms with Crippen LogP contribution in [0, 0.1) is 0 Å². The van der Waals surface area contributed by atoms with Crippen molar-refractivity contribution in [1.29, 1.82) is 0 Å². The molecule has 0 radical (unpaired) electrons. The highest BCUT2D eigenvalue weighted by Gasteiger charge is 2.49. The van der Waals surface area contributed by atoms with Crippen molar-refractivity contribution in [3.8, 4) is 17.2 Å². The van der Waals surface area contributed by atoms with E-state index in [2.05, 4.69) is 10.6 Å². The summed E-state index contributed by atoms with van der Waals surface area (Å²) in [5.41, 5.74) is -0.189. The number of fused-ring (bicyclic) bond motifs is 2. The molecule has 3 aromatic carbocycles. The van der Waals surface area contributed by atoms with Crippen molar-refractivity contribution in [2.24, 2.45) is 0 Å². The molecule has 4 amide bonds. The average Bonchev–Trinajstić information content (AvgIpc) is 3.36. The highest BCUT2D eigenvalue weighted by atomic mass is 16.7. The summed E-state index contributed by atoms with van der Waals surface area (Å²) in [5.74, 6) is 0.829. The molecule has 1 fully saturated rings. The minimum Gasteiger partial charge on any atom is -0.497 e. The zero-order valence-corrected chi connectivity index (χ0v) is 18.0. The first-order valence-electron chi connectivity index (χ1n) is 10.3. The molecule has 33 heavy (non-hydrogen) atoms. The van der Waals surface area contributed by atoms with Crippen LogP contribution in [0.15, 0.2) is 54.6 Å². The van der Waals surface area contributed by atoms with Crippen LogP contribution in [0.2, 0.25) is 0 Å². The number of hydrogen-bond donors (Lipinski definition) is 2. The van der Waals surface area contributed by atoms with Crippen molar-refractivity contribution in [3.63, 3.8) is 0 Å². The predicted octanol–water partition coefficient (Wildman–Crippen LogP) is 2.98. The average molecular weight is 447 g/mol. The SMILES string of the molecule is COc1ccc2cc([C@@]3(C)NC(=O)N(CC(=O)Nc4ccc5c(c4)OCO5)C3=O)ccc2c1. The highest BCUT2D eigenvalue weighted by molar-refractivity contribution is 6.10. The van der Waals surface area contributed by atoms with Crippen molar-refractivity contribution in [2.75, 3.05) is 25.8 Å². The van der Waals surface area contributed by atoms with Crippen LogP contribution < -0.4 is 24.8 Å². The Balaban J connectivity index is 1.33. The first-order valence-corrected chi connectivity index (χ1v) is 10.3. The van der Waals surface area contributed by atoms with Crippen molar-refractivity contribution in [2.45, 2.75) is 12.5 Å².